The van der Waals surface area contributed by atoms with Gasteiger partial charge < -0.3 is 5.32 Å². The lowest BCUT2D eigenvalue weighted by Crippen LogP contribution is -2.49. The van der Waals surface area contributed by atoms with E-state index in [4.69, 9.17) is 11.6 Å². The Morgan fingerprint density at radius 3 is 2.65 bits per heavy atom. The van der Waals surface area contributed by atoms with E-state index in [2.05, 4.69) is 26.6 Å². The molecule has 1 atom stereocenters. The van der Waals surface area contributed by atoms with Crippen molar-refractivity contribution in [2.45, 2.75) is 38.4 Å². The van der Waals surface area contributed by atoms with Crippen molar-refractivity contribution in [3.8, 4) is 23.1 Å². The monoisotopic (exact) mass is 454 g/mol. The summed E-state index contributed by atoms with van der Waals surface area (Å²) in [5.74, 6) is 0.450. The molecule has 0 fully saturated rings. The molecule has 0 aliphatic carbocycles. The van der Waals surface area contributed by atoms with Gasteiger partial charge in [0.25, 0.3) is 0 Å². The summed E-state index contributed by atoms with van der Waals surface area (Å²) in [5, 5.41) is 22.2. The number of hydrogen-bond donors (Lipinski definition) is 1. The van der Waals surface area contributed by atoms with Gasteiger partial charge in [-0.25, -0.2) is 0 Å². The average molecular weight is 455 g/mol. The standard InChI is InChI=1S/C22H23ClN6OS/c1-14(2)22(4,13-24)26-19(30)12-31-21-28-27-20(16-8-10-25-11-9-16)29(21)18-7-5-6-17(23)15(18)3/h5-11,14H,12H2,1-4H3,(H,26,30). The number of pyridine rings is 1. The van der Waals surface area contributed by atoms with Crippen LogP contribution in [-0.4, -0.2) is 36.9 Å². The summed E-state index contributed by atoms with van der Waals surface area (Å²) in [6.07, 6.45) is 3.38. The third-order valence-electron chi connectivity index (χ3n) is 5.17. The maximum atomic E-state index is 12.6. The fraction of sp³-hybridized carbons (Fsp3) is 0.318. The molecule has 1 amide bonds. The number of nitrogens with zero attached hydrogens (tertiary/aromatic N) is 5. The number of benzene rings is 1. The van der Waals surface area contributed by atoms with Crippen LogP contribution in [-0.2, 0) is 4.79 Å². The van der Waals surface area contributed by atoms with Gasteiger partial charge in [0.1, 0.15) is 5.54 Å². The van der Waals surface area contributed by atoms with Crippen LogP contribution < -0.4 is 5.32 Å². The molecule has 3 aromatic rings. The van der Waals surface area contributed by atoms with Crippen LogP contribution in [0.1, 0.15) is 26.3 Å². The Kier molecular flexibility index (Phi) is 6.98. The first kappa shape index (κ1) is 22.8. The Hall–Kier alpha value is -2.89. The van der Waals surface area contributed by atoms with Crippen molar-refractivity contribution >= 4 is 29.3 Å². The summed E-state index contributed by atoms with van der Waals surface area (Å²) < 4.78 is 1.89. The molecule has 0 spiro atoms. The first-order chi connectivity index (χ1) is 14.8. The topological polar surface area (TPSA) is 96.5 Å². The van der Waals surface area contributed by atoms with Crippen molar-refractivity contribution in [1.29, 1.82) is 5.26 Å². The minimum Gasteiger partial charge on any atom is -0.337 e. The molecular formula is C22H23ClN6OS. The van der Waals surface area contributed by atoms with Gasteiger partial charge in [0.2, 0.25) is 5.91 Å². The molecule has 1 unspecified atom stereocenters. The molecular weight excluding hydrogens is 432 g/mol. The fourth-order valence-corrected chi connectivity index (χ4v) is 3.78. The Morgan fingerprint density at radius 1 is 1.29 bits per heavy atom. The zero-order valence-electron chi connectivity index (χ0n) is 17.8. The van der Waals surface area contributed by atoms with Gasteiger partial charge in [0, 0.05) is 23.0 Å². The van der Waals surface area contributed by atoms with Crippen LogP contribution in [0.15, 0.2) is 47.9 Å². The molecule has 0 radical (unpaired) electrons. The highest BCUT2D eigenvalue weighted by Gasteiger charge is 2.30. The largest absolute Gasteiger partial charge is 0.337 e. The minimum absolute atomic E-state index is 0.0255. The van der Waals surface area contributed by atoms with Gasteiger partial charge in [-0.2, -0.15) is 5.26 Å². The number of nitriles is 1. The van der Waals surface area contributed by atoms with Crippen LogP contribution in [0.4, 0.5) is 0 Å². The van der Waals surface area contributed by atoms with Gasteiger partial charge in [-0.3, -0.25) is 14.3 Å². The van der Waals surface area contributed by atoms with Crippen LogP contribution in [0.5, 0.6) is 0 Å². The van der Waals surface area contributed by atoms with Gasteiger partial charge in [0.15, 0.2) is 11.0 Å². The summed E-state index contributed by atoms with van der Waals surface area (Å²) in [7, 11) is 0. The first-order valence-electron chi connectivity index (χ1n) is 9.73. The van der Waals surface area contributed by atoms with Crippen LogP contribution in [0, 0.1) is 24.2 Å². The van der Waals surface area contributed by atoms with E-state index in [0.29, 0.717) is 16.0 Å². The number of thioether (sulfide) groups is 1. The fourth-order valence-electron chi connectivity index (χ4n) is 2.86. The zero-order chi connectivity index (χ0) is 22.6. The normalized spacial score (nSPS) is 12.9. The maximum Gasteiger partial charge on any atom is 0.231 e. The molecule has 0 bridgehead atoms. The van der Waals surface area contributed by atoms with E-state index in [1.54, 1.807) is 19.3 Å². The number of halogens is 1. The lowest BCUT2D eigenvalue weighted by atomic mass is 9.90. The number of carbonyl (C=O) groups excluding carboxylic acids is 1. The van der Waals surface area contributed by atoms with Crippen molar-refractivity contribution in [3.63, 3.8) is 0 Å². The second-order valence-corrected chi connectivity index (χ2v) is 8.92. The Balaban J connectivity index is 1.95. The zero-order valence-corrected chi connectivity index (χ0v) is 19.3. The van der Waals surface area contributed by atoms with Gasteiger partial charge in [-0.1, -0.05) is 43.3 Å². The Morgan fingerprint density at radius 2 is 2.00 bits per heavy atom. The SMILES string of the molecule is Cc1c(Cl)cccc1-n1c(SCC(=O)NC(C)(C#N)C(C)C)nnc1-c1ccncc1. The van der Waals surface area contributed by atoms with Gasteiger partial charge in [-0.05, 0) is 49.6 Å². The molecule has 0 saturated heterocycles. The lowest BCUT2D eigenvalue weighted by Gasteiger charge is -2.27. The molecule has 1 N–H and O–H groups in total. The predicted molar refractivity (Wildman–Crippen MR) is 122 cm³/mol. The van der Waals surface area contributed by atoms with E-state index < -0.39 is 5.54 Å². The quantitative estimate of drug-likeness (QED) is 0.530. The lowest BCUT2D eigenvalue weighted by molar-refractivity contribution is -0.120. The number of nitrogens with one attached hydrogen (secondary N) is 1. The number of rotatable bonds is 7. The maximum absolute atomic E-state index is 12.6. The molecule has 1 aromatic carbocycles. The van der Waals surface area contributed by atoms with E-state index >= 15 is 0 Å². The van der Waals surface area contributed by atoms with Crippen LogP contribution in [0.2, 0.25) is 5.02 Å². The van der Waals surface area contributed by atoms with E-state index in [9.17, 15) is 10.1 Å². The van der Waals surface area contributed by atoms with Crippen LogP contribution in [0.25, 0.3) is 17.1 Å². The van der Waals surface area contributed by atoms with E-state index in [1.165, 1.54) is 11.8 Å². The van der Waals surface area contributed by atoms with Crippen molar-refractivity contribution in [2.24, 2.45) is 5.92 Å². The number of carbonyl (C=O) groups is 1. The van der Waals surface area contributed by atoms with E-state index in [1.807, 2.05) is 55.7 Å². The molecule has 0 aliphatic rings. The van der Waals surface area contributed by atoms with Gasteiger partial charge in [-0.15, -0.1) is 10.2 Å². The predicted octanol–water partition coefficient (Wildman–Crippen LogP) is 4.44. The van der Waals surface area contributed by atoms with Crippen LogP contribution >= 0.6 is 23.4 Å². The Bertz CT molecular complexity index is 1120. The number of amides is 1. The summed E-state index contributed by atoms with van der Waals surface area (Å²) in [6, 6.07) is 11.5. The highest BCUT2D eigenvalue weighted by Crippen LogP contribution is 2.31. The molecule has 0 aliphatic heterocycles. The molecule has 9 heteroatoms. The van der Waals surface area contributed by atoms with Crippen molar-refractivity contribution in [2.75, 3.05) is 5.75 Å². The third-order valence-corrected chi connectivity index (χ3v) is 6.51. The highest BCUT2D eigenvalue weighted by molar-refractivity contribution is 7.99. The second kappa shape index (κ2) is 9.50. The molecule has 2 aromatic heterocycles. The summed E-state index contributed by atoms with van der Waals surface area (Å²) in [5.41, 5.74) is 1.62. The number of aromatic nitrogens is 4. The molecule has 3 rings (SSSR count). The van der Waals surface area contributed by atoms with Crippen molar-refractivity contribution < 1.29 is 4.79 Å². The molecule has 7 nitrogen and oxygen atoms in total. The summed E-state index contributed by atoms with van der Waals surface area (Å²) >= 11 is 7.61. The smallest absolute Gasteiger partial charge is 0.231 e. The molecule has 31 heavy (non-hydrogen) atoms. The van der Waals surface area contributed by atoms with Gasteiger partial charge >= 0.3 is 0 Å². The average Bonchev–Trinajstić information content (AvgIpc) is 3.18. The van der Waals surface area contributed by atoms with E-state index in [0.717, 1.165) is 16.8 Å². The summed E-state index contributed by atoms with van der Waals surface area (Å²) in [4.78, 5) is 16.6. The first-order valence-corrected chi connectivity index (χ1v) is 11.1. The molecule has 160 valence electrons. The number of hydrogen-bond acceptors (Lipinski definition) is 6. The third kappa shape index (κ3) is 4.89. The van der Waals surface area contributed by atoms with Crippen molar-refractivity contribution in [1.82, 2.24) is 25.1 Å². The summed E-state index contributed by atoms with van der Waals surface area (Å²) in [6.45, 7) is 7.45. The highest BCUT2D eigenvalue weighted by atomic mass is 35.5. The molecule has 2 heterocycles. The van der Waals surface area contributed by atoms with E-state index in [-0.39, 0.29) is 17.6 Å². The van der Waals surface area contributed by atoms with Crippen molar-refractivity contribution in [3.05, 3.63) is 53.3 Å². The Labute approximate surface area is 190 Å². The van der Waals surface area contributed by atoms with Gasteiger partial charge in [0.05, 0.1) is 17.5 Å². The molecule has 0 saturated carbocycles. The van der Waals surface area contributed by atoms with Crippen LogP contribution in [0.3, 0.4) is 0 Å². The second-order valence-electron chi connectivity index (χ2n) is 7.57. The minimum atomic E-state index is -0.933.